The van der Waals surface area contributed by atoms with E-state index in [0.717, 1.165) is 22.2 Å². The van der Waals surface area contributed by atoms with Crippen molar-refractivity contribution in [3.05, 3.63) is 36.4 Å². The lowest BCUT2D eigenvalue weighted by atomic mass is 9.93. The Kier molecular flexibility index (Phi) is 6.07. The summed E-state index contributed by atoms with van der Waals surface area (Å²) in [5.74, 6) is 1.04. The Morgan fingerprint density at radius 1 is 1.08 bits per heavy atom. The standard InChI is InChI=1S/C21H29NO3/c1-14(2)13-21(5,24-6)20(23)22-18-11-12-19(25-15(3)4)17-10-8-7-9-16(17)18/h7-12,14-15H,13H2,1-6H3,(H,22,23)/t21-/m1/s1. The zero-order valence-corrected chi connectivity index (χ0v) is 16.1. The van der Waals surface area contributed by atoms with E-state index in [1.54, 1.807) is 7.11 Å². The lowest BCUT2D eigenvalue weighted by Gasteiger charge is -2.29. The van der Waals surface area contributed by atoms with Crippen molar-refractivity contribution in [2.24, 2.45) is 5.92 Å². The monoisotopic (exact) mass is 343 g/mol. The highest BCUT2D eigenvalue weighted by atomic mass is 16.5. The predicted molar refractivity (Wildman–Crippen MR) is 103 cm³/mol. The lowest BCUT2D eigenvalue weighted by Crippen LogP contribution is -2.43. The van der Waals surface area contributed by atoms with E-state index in [1.807, 2.05) is 57.2 Å². The van der Waals surface area contributed by atoms with Crippen LogP contribution >= 0.6 is 0 Å². The molecule has 25 heavy (non-hydrogen) atoms. The fourth-order valence-corrected chi connectivity index (χ4v) is 3.04. The van der Waals surface area contributed by atoms with Gasteiger partial charge in [-0.25, -0.2) is 0 Å². The molecule has 0 heterocycles. The van der Waals surface area contributed by atoms with Crippen LogP contribution in [0.25, 0.3) is 10.8 Å². The number of nitrogens with one attached hydrogen (secondary N) is 1. The SMILES string of the molecule is CO[C@](C)(CC(C)C)C(=O)Nc1ccc(OC(C)C)c2ccccc12. The van der Waals surface area contributed by atoms with E-state index in [9.17, 15) is 4.79 Å². The fraction of sp³-hybridized carbons (Fsp3) is 0.476. The zero-order chi connectivity index (χ0) is 18.6. The largest absolute Gasteiger partial charge is 0.490 e. The number of methoxy groups -OCH3 is 1. The molecule has 4 heteroatoms. The minimum absolute atomic E-state index is 0.0895. The number of amides is 1. The number of carbonyl (C=O) groups is 1. The first kappa shape index (κ1) is 19.3. The first-order chi connectivity index (χ1) is 11.8. The van der Waals surface area contributed by atoms with Crippen LogP contribution in [0.3, 0.4) is 0 Å². The van der Waals surface area contributed by atoms with Crippen LogP contribution in [-0.4, -0.2) is 24.7 Å². The van der Waals surface area contributed by atoms with Crippen LogP contribution in [0.15, 0.2) is 36.4 Å². The van der Waals surface area contributed by atoms with Crippen LogP contribution in [0.5, 0.6) is 5.75 Å². The molecule has 2 aromatic rings. The van der Waals surface area contributed by atoms with Gasteiger partial charge in [0.1, 0.15) is 11.4 Å². The summed E-state index contributed by atoms with van der Waals surface area (Å²) in [7, 11) is 1.58. The smallest absolute Gasteiger partial charge is 0.256 e. The van der Waals surface area contributed by atoms with Gasteiger partial charge in [0, 0.05) is 23.6 Å². The van der Waals surface area contributed by atoms with Crippen LogP contribution in [0, 0.1) is 5.92 Å². The third-order valence-electron chi connectivity index (χ3n) is 4.22. The number of rotatable bonds is 7. The van der Waals surface area contributed by atoms with Crippen molar-refractivity contribution in [2.45, 2.75) is 52.7 Å². The Balaban J connectivity index is 2.37. The summed E-state index contributed by atoms with van der Waals surface area (Å²) >= 11 is 0. The van der Waals surface area contributed by atoms with Gasteiger partial charge in [0.25, 0.3) is 5.91 Å². The van der Waals surface area contributed by atoms with Crippen LogP contribution < -0.4 is 10.1 Å². The van der Waals surface area contributed by atoms with Crippen LogP contribution in [0.2, 0.25) is 0 Å². The second-order valence-corrected chi connectivity index (χ2v) is 7.31. The molecule has 1 amide bonds. The summed E-state index contributed by atoms with van der Waals surface area (Å²) < 4.78 is 11.4. The molecule has 1 atom stereocenters. The molecule has 0 spiro atoms. The summed E-state index contributed by atoms with van der Waals surface area (Å²) in [6, 6.07) is 11.7. The van der Waals surface area contributed by atoms with E-state index >= 15 is 0 Å². The molecule has 0 radical (unpaired) electrons. The molecule has 0 aromatic heterocycles. The van der Waals surface area contributed by atoms with E-state index < -0.39 is 5.60 Å². The molecule has 0 unspecified atom stereocenters. The van der Waals surface area contributed by atoms with E-state index in [-0.39, 0.29) is 12.0 Å². The third kappa shape index (κ3) is 4.51. The highest BCUT2D eigenvalue weighted by Gasteiger charge is 2.34. The van der Waals surface area contributed by atoms with Crippen molar-refractivity contribution in [2.75, 3.05) is 12.4 Å². The Morgan fingerprint density at radius 2 is 1.72 bits per heavy atom. The van der Waals surface area contributed by atoms with Gasteiger partial charge >= 0.3 is 0 Å². The van der Waals surface area contributed by atoms with Crippen LogP contribution in [0.1, 0.15) is 41.0 Å². The Labute approximate surface area is 150 Å². The molecule has 2 aromatic carbocycles. The first-order valence-electron chi connectivity index (χ1n) is 8.82. The van der Waals surface area contributed by atoms with Gasteiger partial charge in [0.2, 0.25) is 0 Å². The van der Waals surface area contributed by atoms with Gasteiger partial charge in [0.15, 0.2) is 0 Å². The molecule has 0 aliphatic rings. The Bertz CT molecular complexity index is 739. The Morgan fingerprint density at radius 3 is 2.28 bits per heavy atom. The summed E-state index contributed by atoms with van der Waals surface area (Å²) in [5.41, 5.74) is -0.0914. The van der Waals surface area contributed by atoms with Crippen LogP contribution in [-0.2, 0) is 9.53 Å². The summed E-state index contributed by atoms with van der Waals surface area (Å²) in [6.45, 7) is 10.00. The average Bonchev–Trinajstić information content (AvgIpc) is 2.55. The quantitative estimate of drug-likeness (QED) is 0.768. The van der Waals surface area contributed by atoms with E-state index in [0.29, 0.717) is 12.3 Å². The predicted octanol–water partition coefficient (Wildman–Crippen LogP) is 5.02. The molecule has 1 N–H and O–H groups in total. The number of benzene rings is 2. The summed E-state index contributed by atoms with van der Waals surface area (Å²) in [5, 5.41) is 4.98. The second-order valence-electron chi connectivity index (χ2n) is 7.31. The molecule has 136 valence electrons. The van der Waals surface area contributed by atoms with Crippen molar-refractivity contribution in [1.82, 2.24) is 0 Å². The van der Waals surface area contributed by atoms with Crippen LogP contribution in [0.4, 0.5) is 5.69 Å². The number of ether oxygens (including phenoxy) is 2. The molecule has 2 rings (SSSR count). The van der Waals surface area contributed by atoms with Crippen molar-refractivity contribution in [3.63, 3.8) is 0 Å². The number of anilines is 1. The number of hydrogen-bond donors (Lipinski definition) is 1. The minimum atomic E-state index is -0.859. The molecule has 0 saturated carbocycles. The van der Waals surface area contributed by atoms with Crippen molar-refractivity contribution in [3.8, 4) is 5.75 Å². The van der Waals surface area contributed by atoms with Gasteiger partial charge in [-0.2, -0.15) is 0 Å². The van der Waals surface area contributed by atoms with Crippen molar-refractivity contribution >= 4 is 22.4 Å². The van der Waals surface area contributed by atoms with Crippen molar-refractivity contribution < 1.29 is 14.3 Å². The summed E-state index contributed by atoms with van der Waals surface area (Å²) in [4.78, 5) is 12.8. The highest BCUT2D eigenvalue weighted by Crippen LogP contribution is 2.33. The molecule has 0 fully saturated rings. The van der Waals surface area contributed by atoms with E-state index in [1.165, 1.54) is 0 Å². The number of fused-ring (bicyclic) bond motifs is 1. The van der Waals surface area contributed by atoms with Gasteiger partial charge in [-0.3, -0.25) is 4.79 Å². The minimum Gasteiger partial charge on any atom is -0.490 e. The van der Waals surface area contributed by atoms with Gasteiger partial charge < -0.3 is 14.8 Å². The maximum atomic E-state index is 12.8. The average molecular weight is 343 g/mol. The first-order valence-corrected chi connectivity index (χ1v) is 8.82. The molecule has 0 saturated heterocycles. The molecule has 0 aliphatic heterocycles. The maximum Gasteiger partial charge on any atom is 0.256 e. The molecular formula is C21H29NO3. The fourth-order valence-electron chi connectivity index (χ4n) is 3.04. The maximum absolute atomic E-state index is 12.8. The topological polar surface area (TPSA) is 47.6 Å². The van der Waals surface area contributed by atoms with Crippen molar-refractivity contribution in [1.29, 1.82) is 0 Å². The molecule has 4 nitrogen and oxygen atoms in total. The summed E-state index contributed by atoms with van der Waals surface area (Å²) in [6.07, 6.45) is 0.744. The van der Waals surface area contributed by atoms with Gasteiger partial charge in [-0.05, 0) is 45.2 Å². The van der Waals surface area contributed by atoms with E-state index in [2.05, 4.69) is 19.2 Å². The van der Waals surface area contributed by atoms with Gasteiger partial charge in [0.05, 0.1) is 6.10 Å². The lowest BCUT2D eigenvalue weighted by molar-refractivity contribution is -0.137. The zero-order valence-electron chi connectivity index (χ0n) is 16.1. The normalized spacial score (nSPS) is 13.9. The van der Waals surface area contributed by atoms with Gasteiger partial charge in [-0.1, -0.05) is 38.1 Å². The number of carbonyl (C=O) groups excluding carboxylic acids is 1. The van der Waals surface area contributed by atoms with E-state index in [4.69, 9.17) is 9.47 Å². The number of hydrogen-bond acceptors (Lipinski definition) is 3. The third-order valence-corrected chi connectivity index (χ3v) is 4.22. The highest BCUT2D eigenvalue weighted by molar-refractivity contribution is 6.06. The Hall–Kier alpha value is -2.07. The molecule has 0 bridgehead atoms. The molecular weight excluding hydrogens is 314 g/mol. The van der Waals surface area contributed by atoms with Gasteiger partial charge in [-0.15, -0.1) is 0 Å². The second kappa shape index (κ2) is 7.87. The molecule has 0 aliphatic carbocycles.